The quantitative estimate of drug-likeness (QED) is 0.546. The molecule has 0 saturated carbocycles. The summed E-state index contributed by atoms with van der Waals surface area (Å²) in [5.74, 6) is 0. The van der Waals surface area contributed by atoms with Gasteiger partial charge >= 0.3 is 0 Å². The summed E-state index contributed by atoms with van der Waals surface area (Å²) in [7, 11) is 0. The number of hydrogen-bond acceptors (Lipinski definition) is 6. The highest BCUT2D eigenvalue weighted by Gasteiger charge is 2.02. The monoisotopic (exact) mass is 269 g/mol. The van der Waals surface area contributed by atoms with E-state index in [1.807, 2.05) is 24.3 Å². The summed E-state index contributed by atoms with van der Waals surface area (Å²) >= 11 is 1.49. The van der Waals surface area contributed by atoms with Crippen molar-refractivity contribution in [3.05, 3.63) is 42.5 Å². The predicted octanol–water partition coefficient (Wildman–Crippen LogP) is 3.88. The maximum absolute atomic E-state index is 5.81. The lowest BCUT2D eigenvalue weighted by Crippen LogP contribution is -1.89. The Bertz CT molecular complexity index is 730. The first-order chi connectivity index (χ1) is 9.22. The molecule has 4 N–H and O–H groups in total. The minimum Gasteiger partial charge on any atom is -0.399 e. The van der Waals surface area contributed by atoms with E-state index in [-0.39, 0.29) is 0 Å². The van der Waals surface area contributed by atoms with E-state index >= 15 is 0 Å². The molecule has 3 rings (SSSR count). The molecule has 0 aliphatic rings. The van der Waals surface area contributed by atoms with Crippen LogP contribution in [-0.2, 0) is 0 Å². The van der Waals surface area contributed by atoms with Gasteiger partial charge in [0.1, 0.15) is 5.69 Å². The van der Waals surface area contributed by atoms with Gasteiger partial charge in [0, 0.05) is 5.69 Å². The van der Waals surface area contributed by atoms with Crippen LogP contribution in [0, 0.1) is 0 Å². The first-order valence-electron chi connectivity index (χ1n) is 5.65. The number of aromatic nitrogens is 1. The maximum atomic E-state index is 5.81. The van der Waals surface area contributed by atoms with E-state index in [9.17, 15) is 0 Å². The number of benzene rings is 2. The zero-order valence-corrected chi connectivity index (χ0v) is 10.8. The molecule has 0 fully saturated rings. The molecule has 5 nitrogen and oxygen atoms in total. The van der Waals surface area contributed by atoms with Crippen LogP contribution in [0.25, 0.3) is 10.2 Å². The first-order valence-corrected chi connectivity index (χ1v) is 6.46. The Morgan fingerprint density at radius 3 is 2.63 bits per heavy atom. The molecule has 0 unspecified atom stereocenters. The minimum atomic E-state index is 0.505. The van der Waals surface area contributed by atoms with Gasteiger partial charge in [-0.2, -0.15) is 0 Å². The second-order valence-electron chi connectivity index (χ2n) is 3.98. The van der Waals surface area contributed by atoms with Crippen LogP contribution in [-0.4, -0.2) is 4.98 Å². The Labute approximate surface area is 113 Å². The number of azo groups is 1. The van der Waals surface area contributed by atoms with E-state index in [0.717, 1.165) is 10.2 Å². The van der Waals surface area contributed by atoms with Crippen molar-refractivity contribution in [1.29, 1.82) is 0 Å². The highest BCUT2D eigenvalue weighted by molar-refractivity contribution is 7.21. The smallest absolute Gasteiger partial charge is 0.231 e. The van der Waals surface area contributed by atoms with Gasteiger partial charge in [-0.05, 0) is 30.3 Å². The SMILES string of the molecule is Nc1ccc(N=Nc2nc3ccccc3s2)c(N)c1. The van der Waals surface area contributed by atoms with Gasteiger partial charge in [-0.25, -0.2) is 4.98 Å². The number of thiazole rings is 1. The van der Waals surface area contributed by atoms with Crippen molar-refractivity contribution in [2.75, 3.05) is 11.5 Å². The molecule has 19 heavy (non-hydrogen) atoms. The predicted molar refractivity (Wildman–Crippen MR) is 79.1 cm³/mol. The Hall–Kier alpha value is -2.47. The third-order valence-corrected chi connectivity index (χ3v) is 3.50. The van der Waals surface area contributed by atoms with Crippen LogP contribution >= 0.6 is 11.3 Å². The molecule has 0 atom stereocenters. The van der Waals surface area contributed by atoms with Crippen molar-refractivity contribution >= 4 is 43.7 Å². The lowest BCUT2D eigenvalue weighted by Gasteiger charge is -1.98. The van der Waals surface area contributed by atoms with Gasteiger partial charge in [0.05, 0.1) is 15.9 Å². The molecule has 3 aromatic rings. The lowest BCUT2D eigenvalue weighted by atomic mass is 10.2. The van der Waals surface area contributed by atoms with Gasteiger partial charge in [0.15, 0.2) is 0 Å². The number of anilines is 2. The average Bonchev–Trinajstić information content (AvgIpc) is 2.80. The van der Waals surface area contributed by atoms with Gasteiger partial charge in [0.2, 0.25) is 5.13 Å². The van der Waals surface area contributed by atoms with Gasteiger partial charge in [-0.3, -0.25) is 0 Å². The third kappa shape index (κ3) is 2.38. The van der Waals surface area contributed by atoms with Crippen LogP contribution in [0.4, 0.5) is 22.2 Å². The molecule has 2 aromatic carbocycles. The Kier molecular flexibility index (Phi) is 2.85. The molecule has 0 spiro atoms. The molecule has 0 aliphatic heterocycles. The first kappa shape index (κ1) is 11.6. The van der Waals surface area contributed by atoms with E-state index in [0.29, 0.717) is 22.2 Å². The molecular weight excluding hydrogens is 258 g/mol. The lowest BCUT2D eigenvalue weighted by molar-refractivity contribution is 1.21. The largest absolute Gasteiger partial charge is 0.399 e. The zero-order valence-electron chi connectivity index (χ0n) is 9.95. The van der Waals surface area contributed by atoms with Crippen molar-refractivity contribution in [2.45, 2.75) is 0 Å². The molecule has 1 aromatic heterocycles. The molecule has 0 aliphatic carbocycles. The molecule has 0 saturated heterocycles. The van der Waals surface area contributed by atoms with Crippen molar-refractivity contribution in [3.63, 3.8) is 0 Å². The van der Waals surface area contributed by atoms with E-state index in [4.69, 9.17) is 11.5 Å². The maximum Gasteiger partial charge on any atom is 0.231 e. The number of para-hydroxylation sites is 1. The Morgan fingerprint density at radius 2 is 1.84 bits per heavy atom. The van der Waals surface area contributed by atoms with Gasteiger partial charge in [-0.1, -0.05) is 23.5 Å². The number of nitrogens with two attached hydrogens (primary N) is 2. The van der Waals surface area contributed by atoms with Crippen LogP contribution in [0.15, 0.2) is 52.7 Å². The highest BCUT2D eigenvalue weighted by atomic mass is 32.1. The summed E-state index contributed by atoms with van der Waals surface area (Å²) in [5, 5.41) is 8.83. The molecule has 94 valence electrons. The van der Waals surface area contributed by atoms with Crippen molar-refractivity contribution < 1.29 is 0 Å². The summed E-state index contributed by atoms with van der Waals surface area (Å²) < 4.78 is 1.08. The fraction of sp³-hybridized carbons (Fsp3) is 0. The second-order valence-corrected chi connectivity index (χ2v) is 4.99. The number of fused-ring (bicyclic) bond motifs is 1. The number of nitrogens with zero attached hydrogens (tertiary/aromatic N) is 3. The number of rotatable bonds is 2. The van der Waals surface area contributed by atoms with E-state index in [1.54, 1.807) is 18.2 Å². The fourth-order valence-corrected chi connectivity index (χ4v) is 2.45. The number of hydrogen-bond donors (Lipinski definition) is 2. The fourth-order valence-electron chi connectivity index (χ4n) is 1.66. The van der Waals surface area contributed by atoms with Gasteiger partial charge < -0.3 is 11.5 Å². The van der Waals surface area contributed by atoms with Crippen molar-refractivity contribution in [3.8, 4) is 0 Å². The molecule has 6 heteroatoms. The average molecular weight is 269 g/mol. The van der Waals surface area contributed by atoms with E-state index in [2.05, 4.69) is 15.2 Å². The van der Waals surface area contributed by atoms with E-state index < -0.39 is 0 Å². The normalized spacial score (nSPS) is 11.4. The Morgan fingerprint density at radius 1 is 1.00 bits per heavy atom. The summed E-state index contributed by atoms with van der Waals surface area (Å²) in [6.07, 6.45) is 0. The number of nitrogen functional groups attached to an aromatic ring is 2. The zero-order chi connectivity index (χ0) is 13.2. The van der Waals surface area contributed by atoms with Crippen molar-refractivity contribution in [2.24, 2.45) is 10.2 Å². The standard InChI is InChI=1S/C13H11N5S/c14-8-5-6-10(9(15)7-8)17-18-13-16-11-3-1-2-4-12(11)19-13/h1-7H,14-15H2. The Balaban J connectivity index is 1.93. The minimum absolute atomic E-state index is 0.505. The molecule has 0 radical (unpaired) electrons. The summed E-state index contributed by atoms with van der Waals surface area (Å²) in [5.41, 5.74) is 14.1. The summed E-state index contributed by atoms with van der Waals surface area (Å²) in [4.78, 5) is 4.37. The molecule has 0 bridgehead atoms. The topological polar surface area (TPSA) is 89.6 Å². The molecule has 0 amide bonds. The highest BCUT2D eigenvalue weighted by Crippen LogP contribution is 2.30. The van der Waals surface area contributed by atoms with Crippen LogP contribution in [0.2, 0.25) is 0 Å². The van der Waals surface area contributed by atoms with Crippen molar-refractivity contribution in [1.82, 2.24) is 4.98 Å². The van der Waals surface area contributed by atoms with Crippen LogP contribution in [0.1, 0.15) is 0 Å². The van der Waals surface area contributed by atoms with Crippen LogP contribution in [0.5, 0.6) is 0 Å². The molecule has 1 heterocycles. The van der Waals surface area contributed by atoms with E-state index in [1.165, 1.54) is 11.3 Å². The second kappa shape index (κ2) is 4.66. The summed E-state index contributed by atoms with van der Waals surface area (Å²) in [6.45, 7) is 0. The van der Waals surface area contributed by atoms with Crippen LogP contribution in [0.3, 0.4) is 0 Å². The van der Waals surface area contributed by atoms with Gasteiger partial charge in [-0.15, -0.1) is 10.2 Å². The van der Waals surface area contributed by atoms with Crippen LogP contribution < -0.4 is 11.5 Å². The third-order valence-electron chi connectivity index (χ3n) is 2.58. The molecular formula is C13H11N5S. The van der Waals surface area contributed by atoms with Gasteiger partial charge in [0.25, 0.3) is 0 Å². The summed E-state index contributed by atoms with van der Waals surface area (Å²) in [6, 6.07) is 13.0.